The molecule has 140 valence electrons. The lowest BCUT2D eigenvalue weighted by molar-refractivity contribution is 0.0620. The van der Waals surface area contributed by atoms with E-state index in [9.17, 15) is 4.79 Å². The van der Waals surface area contributed by atoms with E-state index in [1.54, 1.807) is 0 Å². The Labute approximate surface area is 157 Å². The maximum Gasteiger partial charge on any atom is 0.266 e. The van der Waals surface area contributed by atoms with Crippen LogP contribution in [0.4, 0.5) is 5.69 Å². The zero-order valence-corrected chi connectivity index (χ0v) is 16.0. The van der Waals surface area contributed by atoms with Gasteiger partial charge >= 0.3 is 0 Å². The third-order valence-corrected chi connectivity index (χ3v) is 6.71. The van der Waals surface area contributed by atoms with Crippen LogP contribution >= 0.6 is 11.3 Å². The molecule has 1 aliphatic carbocycles. The minimum atomic E-state index is 0.0143. The van der Waals surface area contributed by atoms with Crippen LogP contribution in [-0.2, 0) is 12.8 Å². The number of piperazine rings is 1. The van der Waals surface area contributed by atoms with E-state index in [2.05, 4.69) is 17.9 Å². The molecule has 1 atom stereocenters. The number of aryl methyl sites for hydroxylation is 1. The normalized spacial score (nSPS) is 21.2. The second-order valence-electron chi connectivity index (χ2n) is 7.50. The Bertz CT molecular complexity index is 827. The lowest BCUT2D eigenvalue weighted by atomic mass is 9.87. The van der Waals surface area contributed by atoms with Crippen LogP contribution in [0.3, 0.4) is 0 Å². The highest BCUT2D eigenvalue weighted by Crippen LogP contribution is 2.36. The third-order valence-electron chi connectivity index (χ3n) is 5.60. The Morgan fingerprint density at radius 2 is 2.15 bits per heavy atom. The quantitative estimate of drug-likeness (QED) is 0.855. The zero-order valence-electron chi connectivity index (χ0n) is 15.2. The second kappa shape index (κ2) is 7.13. The minimum Gasteiger partial charge on any atom is -0.397 e. The number of β-amino-alcohol motifs (C(OH)–C–C–N with tert-alkyl or cyclic N) is 1. The number of nitrogen functional groups attached to an aromatic ring is 1. The summed E-state index contributed by atoms with van der Waals surface area (Å²) in [6.07, 6.45) is 3.24. The Kier molecular flexibility index (Phi) is 4.86. The molecule has 1 amide bonds. The van der Waals surface area contributed by atoms with Gasteiger partial charge in [0.05, 0.1) is 12.3 Å². The van der Waals surface area contributed by atoms with Crippen LogP contribution in [0.15, 0.2) is 6.07 Å². The number of carbonyl (C=O) groups excluding carboxylic acids is 1. The summed E-state index contributed by atoms with van der Waals surface area (Å²) in [5.41, 5.74) is 9.42. The molecule has 6 nitrogen and oxygen atoms in total. The van der Waals surface area contributed by atoms with Crippen LogP contribution in [0.2, 0.25) is 0 Å². The summed E-state index contributed by atoms with van der Waals surface area (Å²) >= 11 is 1.43. The molecule has 1 aliphatic heterocycles. The van der Waals surface area contributed by atoms with Crippen molar-refractivity contribution >= 4 is 33.1 Å². The summed E-state index contributed by atoms with van der Waals surface area (Å²) in [7, 11) is 0. The number of carbonyl (C=O) groups is 1. The number of nitrogens with two attached hydrogens (primary N) is 1. The third kappa shape index (κ3) is 3.19. The number of aliphatic hydroxyl groups is 1. The van der Waals surface area contributed by atoms with Crippen LogP contribution < -0.4 is 5.73 Å². The van der Waals surface area contributed by atoms with E-state index in [0.717, 1.165) is 36.1 Å². The van der Waals surface area contributed by atoms with Gasteiger partial charge < -0.3 is 15.7 Å². The van der Waals surface area contributed by atoms with Gasteiger partial charge in [0.25, 0.3) is 5.91 Å². The summed E-state index contributed by atoms with van der Waals surface area (Å²) in [6.45, 7) is 6.04. The number of fused-ring (bicyclic) bond motifs is 2. The Hall–Kier alpha value is -1.70. The highest BCUT2D eigenvalue weighted by atomic mass is 32.1. The van der Waals surface area contributed by atoms with Crippen molar-refractivity contribution in [3.63, 3.8) is 0 Å². The van der Waals surface area contributed by atoms with Gasteiger partial charge in [-0.2, -0.15) is 0 Å². The fourth-order valence-corrected chi connectivity index (χ4v) is 5.06. The maximum absolute atomic E-state index is 13.0. The Balaban J connectivity index is 1.59. The Morgan fingerprint density at radius 3 is 2.88 bits per heavy atom. The van der Waals surface area contributed by atoms with Crippen molar-refractivity contribution < 1.29 is 9.90 Å². The van der Waals surface area contributed by atoms with E-state index in [1.807, 2.05) is 4.90 Å². The molecule has 1 saturated heterocycles. The standard InChI is InChI=1S/C19H26N4O2S/c1-12-2-3-15-13(10-12)11-14-16(20)17(26-18(14)21-15)19(25)23-6-4-22(5-7-23)8-9-24/h11-12,24H,2-10,20H2,1H3. The molecular weight excluding hydrogens is 348 g/mol. The lowest BCUT2D eigenvalue weighted by Crippen LogP contribution is -2.49. The largest absolute Gasteiger partial charge is 0.397 e. The van der Waals surface area contributed by atoms with Gasteiger partial charge in [-0.15, -0.1) is 11.3 Å². The number of thiophene rings is 1. The predicted molar refractivity (Wildman–Crippen MR) is 105 cm³/mol. The van der Waals surface area contributed by atoms with Crippen molar-refractivity contribution in [2.75, 3.05) is 45.1 Å². The summed E-state index contributed by atoms with van der Waals surface area (Å²) in [5, 5.41) is 9.99. The number of hydrogen-bond donors (Lipinski definition) is 2. The van der Waals surface area contributed by atoms with Crippen LogP contribution in [0, 0.1) is 5.92 Å². The van der Waals surface area contributed by atoms with Crippen molar-refractivity contribution in [1.82, 2.24) is 14.8 Å². The monoisotopic (exact) mass is 374 g/mol. The van der Waals surface area contributed by atoms with Crippen LogP contribution in [0.25, 0.3) is 10.2 Å². The molecule has 1 fully saturated rings. The SMILES string of the molecule is CC1CCc2nc3sc(C(=O)N4CCN(CCO)CC4)c(N)c3cc2C1. The molecule has 0 saturated carbocycles. The molecular formula is C19H26N4O2S. The predicted octanol–water partition coefficient (Wildman–Crippen LogP) is 1.75. The fraction of sp³-hybridized carbons (Fsp3) is 0.579. The fourth-order valence-electron chi connectivity index (χ4n) is 3.99. The van der Waals surface area contributed by atoms with Crippen LogP contribution in [0.5, 0.6) is 0 Å². The van der Waals surface area contributed by atoms with Gasteiger partial charge in [-0.1, -0.05) is 6.92 Å². The summed E-state index contributed by atoms with van der Waals surface area (Å²) in [4.78, 5) is 23.4. The molecule has 2 aliphatic rings. The van der Waals surface area contributed by atoms with E-state index < -0.39 is 0 Å². The molecule has 3 N–H and O–H groups in total. The summed E-state index contributed by atoms with van der Waals surface area (Å²) < 4.78 is 0. The van der Waals surface area contributed by atoms with Crippen LogP contribution in [0.1, 0.15) is 34.3 Å². The van der Waals surface area contributed by atoms with Crippen molar-refractivity contribution in [2.45, 2.75) is 26.2 Å². The highest BCUT2D eigenvalue weighted by Gasteiger charge is 2.27. The van der Waals surface area contributed by atoms with E-state index in [0.29, 0.717) is 36.1 Å². The van der Waals surface area contributed by atoms with Gasteiger partial charge in [-0.3, -0.25) is 9.69 Å². The number of amides is 1. The number of pyridine rings is 1. The Morgan fingerprint density at radius 1 is 1.38 bits per heavy atom. The number of rotatable bonds is 3. The first-order valence-electron chi connectivity index (χ1n) is 9.40. The van der Waals surface area contributed by atoms with Crippen molar-refractivity contribution in [1.29, 1.82) is 0 Å². The molecule has 2 aromatic rings. The molecule has 0 aromatic carbocycles. The second-order valence-corrected chi connectivity index (χ2v) is 8.50. The first-order valence-corrected chi connectivity index (χ1v) is 10.2. The van der Waals surface area contributed by atoms with Gasteiger partial charge in [0.1, 0.15) is 9.71 Å². The van der Waals surface area contributed by atoms with Crippen molar-refractivity contribution in [3.05, 3.63) is 22.2 Å². The molecule has 0 bridgehead atoms. The topological polar surface area (TPSA) is 82.7 Å². The number of nitrogens with zero attached hydrogens (tertiary/aromatic N) is 3. The first kappa shape index (κ1) is 17.7. The average Bonchev–Trinajstić information content (AvgIpc) is 2.96. The van der Waals surface area contributed by atoms with E-state index in [4.69, 9.17) is 15.8 Å². The number of hydrogen-bond acceptors (Lipinski definition) is 6. The summed E-state index contributed by atoms with van der Waals surface area (Å²) in [6, 6.07) is 2.16. The molecule has 1 unspecified atom stereocenters. The number of anilines is 1. The molecule has 3 heterocycles. The maximum atomic E-state index is 13.0. The van der Waals surface area contributed by atoms with E-state index in [-0.39, 0.29) is 12.5 Å². The molecule has 0 radical (unpaired) electrons. The van der Waals surface area contributed by atoms with Crippen molar-refractivity contribution in [3.8, 4) is 0 Å². The smallest absolute Gasteiger partial charge is 0.266 e. The summed E-state index contributed by atoms with van der Waals surface area (Å²) in [5.74, 6) is 0.693. The van der Waals surface area contributed by atoms with Gasteiger partial charge in [0.2, 0.25) is 0 Å². The molecule has 26 heavy (non-hydrogen) atoms. The average molecular weight is 375 g/mol. The van der Waals surface area contributed by atoms with E-state index in [1.165, 1.54) is 29.0 Å². The van der Waals surface area contributed by atoms with E-state index >= 15 is 0 Å². The minimum absolute atomic E-state index is 0.0143. The van der Waals surface area contributed by atoms with Gasteiger partial charge in [0, 0.05) is 43.8 Å². The van der Waals surface area contributed by atoms with Gasteiger partial charge in [0.15, 0.2) is 0 Å². The molecule has 4 rings (SSSR count). The first-order chi connectivity index (χ1) is 12.6. The van der Waals surface area contributed by atoms with Crippen LogP contribution in [-0.4, -0.2) is 65.1 Å². The molecule has 2 aromatic heterocycles. The highest BCUT2D eigenvalue weighted by molar-refractivity contribution is 7.21. The van der Waals surface area contributed by atoms with Crippen molar-refractivity contribution in [2.24, 2.45) is 5.92 Å². The van der Waals surface area contributed by atoms with Gasteiger partial charge in [-0.05, 0) is 36.8 Å². The lowest BCUT2D eigenvalue weighted by Gasteiger charge is -2.34. The molecule has 0 spiro atoms. The number of aliphatic hydroxyl groups excluding tert-OH is 1. The zero-order chi connectivity index (χ0) is 18.3. The molecule has 7 heteroatoms. The number of aromatic nitrogens is 1. The van der Waals surface area contributed by atoms with Gasteiger partial charge in [-0.25, -0.2) is 4.98 Å².